The Labute approximate surface area is 121 Å². The molecule has 0 saturated heterocycles. The highest BCUT2D eigenvalue weighted by molar-refractivity contribution is 5.00. The van der Waals surface area contributed by atoms with Gasteiger partial charge in [0, 0.05) is 0 Å². The number of allylic oxidation sites excluding steroid dienone is 1. The fourth-order valence-corrected chi connectivity index (χ4v) is 2.47. The summed E-state index contributed by atoms with van der Waals surface area (Å²) in [6.07, 6.45) is 18.4. The number of aliphatic hydroxyl groups is 1. The first-order chi connectivity index (χ1) is 9.18. The molecule has 0 unspecified atom stereocenters. The minimum Gasteiger partial charge on any atom is -0.386 e. The molecule has 0 saturated carbocycles. The van der Waals surface area contributed by atoms with Gasteiger partial charge in [0.05, 0.1) is 5.60 Å². The Bertz CT molecular complexity index is 198. The summed E-state index contributed by atoms with van der Waals surface area (Å²) in [5, 5.41) is 10.7. The Balaban J connectivity index is 4.13. The molecule has 0 aliphatic heterocycles. The lowest BCUT2D eigenvalue weighted by molar-refractivity contribution is 0.0663. The van der Waals surface area contributed by atoms with E-state index in [0.29, 0.717) is 0 Å². The van der Waals surface area contributed by atoms with Crippen molar-refractivity contribution in [1.82, 2.24) is 0 Å². The van der Waals surface area contributed by atoms with Gasteiger partial charge in [-0.1, -0.05) is 84.3 Å². The highest BCUT2D eigenvalue weighted by Crippen LogP contribution is 2.24. The number of hydrogen-bond acceptors (Lipinski definition) is 1. The third kappa shape index (κ3) is 11.2. The van der Waals surface area contributed by atoms with Crippen molar-refractivity contribution in [3.05, 3.63) is 12.2 Å². The van der Waals surface area contributed by atoms with Crippen LogP contribution < -0.4 is 0 Å². The van der Waals surface area contributed by atoms with Crippen molar-refractivity contribution in [1.29, 1.82) is 0 Å². The van der Waals surface area contributed by atoms with Crippen molar-refractivity contribution in [2.24, 2.45) is 0 Å². The lowest BCUT2D eigenvalue weighted by Gasteiger charge is -2.25. The van der Waals surface area contributed by atoms with Crippen molar-refractivity contribution in [2.75, 3.05) is 0 Å². The van der Waals surface area contributed by atoms with E-state index in [1.54, 1.807) is 0 Å². The molecule has 1 nitrogen and oxygen atoms in total. The van der Waals surface area contributed by atoms with Gasteiger partial charge in [-0.2, -0.15) is 0 Å². The Morgan fingerprint density at radius 3 is 1.68 bits per heavy atom. The third-order valence-corrected chi connectivity index (χ3v) is 3.83. The molecule has 1 N–H and O–H groups in total. The molecule has 0 atom stereocenters. The van der Waals surface area contributed by atoms with Crippen LogP contribution in [0.3, 0.4) is 0 Å². The first kappa shape index (κ1) is 18.7. The summed E-state index contributed by atoms with van der Waals surface area (Å²) in [5.74, 6) is 0. The van der Waals surface area contributed by atoms with Gasteiger partial charge in [0.25, 0.3) is 0 Å². The molecular weight excluding hydrogens is 232 g/mol. The maximum absolute atomic E-state index is 10.7. The van der Waals surface area contributed by atoms with Crippen LogP contribution in [0.2, 0.25) is 0 Å². The highest BCUT2D eigenvalue weighted by atomic mass is 16.3. The van der Waals surface area contributed by atoms with Crippen LogP contribution in [0.4, 0.5) is 0 Å². The molecule has 0 aliphatic carbocycles. The molecule has 0 spiro atoms. The average molecular weight is 268 g/mol. The summed E-state index contributed by atoms with van der Waals surface area (Å²) >= 11 is 0. The van der Waals surface area contributed by atoms with Crippen molar-refractivity contribution in [2.45, 2.75) is 103 Å². The van der Waals surface area contributed by atoms with Crippen molar-refractivity contribution >= 4 is 0 Å². The summed E-state index contributed by atoms with van der Waals surface area (Å²) in [7, 11) is 0. The lowest BCUT2D eigenvalue weighted by atomic mass is 9.89. The van der Waals surface area contributed by atoms with E-state index in [1.807, 2.05) is 0 Å². The highest BCUT2D eigenvalue weighted by Gasteiger charge is 2.21. The fraction of sp³-hybridized carbons (Fsp3) is 0.889. The van der Waals surface area contributed by atoms with Gasteiger partial charge in [0.15, 0.2) is 0 Å². The monoisotopic (exact) mass is 268 g/mol. The molecule has 0 amide bonds. The van der Waals surface area contributed by atoms with E-state index in [0.717, 1.165) is 32.1 Å². The summed E-state index contributed by atoms with van der Waals surface area (Å²) in [6.45, 7) is 6.67. The zero-order valence-electron chi connectivity index (χ0n) is 13.6. The second kappa shape index (κ2) is 12.7. The maximum atomic E-state index is 10.7. The Morgan fingerprint density at radius 1 is 0.737 bits per heavy atom. The van der Waals surface area contributed by atoms with Crippen molar-refractivity contribution in [3.8, 4) is 0 Å². The van der Waals surface area contributed by atoms with Crippen LogP contribution >= 0.6 is 0 Å². The summed E-state index contributed by atoms with van der Waals surface area (Å²) in [6, 6.07) is 0. The molecular formula is C18H36O. The molecule has 0 aromatic heterocycles. The predicted molar refractivity (Wildman–Crippen MR) is 86.5 cm³/mol. The predicted octanol–water partition coefficient (Wildman–Crippen LogP) is 6.01. The van der Waals surface area contributed by atoms with Gasteiger partial charge in [0.2, 0.25) is 0 Å². The fourth-order valence-electron chi connectivity index (χ4n) is 2.47. The molecule has 0 heterocycles. The van der Waals surface area contributed by atoms with Crippen molar-refractivity contribution in [3.63, 3.8) is 0 Å². The van der Waals surface area contributed by atoms with Gasteiger partial charge < -0.3 is 5.11 Å². The zero-order chi connectivity index (χ0) is 14.4. The Kier molecular flexibility index (Phi) is 12.5. The standard InChI is InChI=1S/C18H36O/c1-4-7-10-11-14-17-18(19,15-12-8-5-2)16-13-9-6-3/h14,17,19H,4-13,15-16H2,1-3H3/b17-14+. The molecule has 1 heteroatoms. The molecule has 0 fully saturated rings. The smallest absolute Gasteiger partial charge is 0.0827 e. The molecule has 0 aliphatic rings. The average Bonchev–Trinajstić information content (AvgIpc) is 2.39. The first-order valence-electron chi connectivity index (χ1n) is 8.58. The molecule has 0 aromatic carbocycles. The van der Waals surface area contributed by atoms with Crippen molar-refractivity contribution < 1.29 is 5.11 Å². The summed E-state index contributed by atoms with van der Waals surface area (Å²) in [4.78, 5) is 0. The van der Waals surface area contributed by atoms with Gasteiger partial charge in [-0.05, 0) is 25.7 Å². The summed E-state index contributed by atoms with van der Waals surface area (Å²) < 4.78 is 0. The van der Waals surface area contributed by atoms with Gasteiger partial charge in [-0.15, -0.1) is 0 Å². The quantitative estimate of drug-likeness (QED) is 0.320. The number of rotatable bonds is 13. The van der Waals surface area contributed by atoms with Gasteiger partial charge in [-0.3, -0.25) is 0 Å². The molecule has 0 bridgehead atoms. The first-order valence-corrected chi connectivity index (χ1v) is 8.58. The number of unbranched alkanes of at least 4 members (excludes halogenated alkanes) is 7. The van der Waals surface area contributed by atoms with Crippen LogP contribution in [-0.4, -0.2) is 10.7 Å². The topological polar surface area (TPSA) is 20.2 Å². The van der Waals surface area contributed by atoms with E-state index in [2.05, 4.69) is 32.9 Å². The molecule has 19 heavy (non-hydrogen) atoms. The van der Waals surface area contributed by atoms with Crippen LogP contribution in [0.15, 0.2) is 12.2 Å². The van der Waals surface area contributed by atoms with E-state index in [1.165, 1.54) is 44.9 Å². The largest absolute Gasteiger partial charge is 0.386 e. The van der Waals surface area contributed by atoms with Crippen LogP contribution in [0, 0.1) is 0 Å². The van der Waals surface area contributed by atoms with Gasteiger partial charge in [-0.25, -0.2) is 0 Å². The SMILES string of the molecule is CCCCC/C=C/C(O)(CCCCC)CCCCC. The van der Waals surface area contributed by atoms with E-state index in [-0.39, 0.29) is 0 Å². The maximum Gasteiger partial charge on any atom is 0.0827 e. The molecule has 0 radical (unpaired) electrons. The Morgan fingerprint density at radius 2 is 1.21 bits per heavy atom. The van der Waals surface area contributed by atoms with Gasteiger partial charge >= 0.3 is 0 Å². The second-order valence-electron chi connectivity index (χ2n) is 5.92. The van der Waals surface area contributed by atoms with Crippen LogP contribution in [0.5, 0.6) is 0 Å². The van der Waals surface area contributed by atoms with Crippen LogP contribution in [0.25, 0.3) is 0 Å². The molecule has 114 valence electrons. The summed E-state index contributed by atoms with van der Waals surface area (Å²) in [5.41, 5.74) is -0.531. The Hall–Kier alpha value is -0.300. The normalized spacial score (nSPS) is 12.4. The van der Waals surface area contributed by atoms with Crippen LogP contribution in [-0.2, 0) is 0 Å². The third-order valence-electron chi connectivity index (χ3n) is 3.83. The van der Waals surface area contributed by atoms with E-state index in [9.17, 15) is 5.11 Å². The van der Waals surface area contributed by atoms with E-state index in [4.69, 9.17) is 0 Å². The molecule has 0 rings (SSSR count). The zero-order valence-corrected chi connectivity index (χ0v) is 13.6. The molecule has 0 aromatic rings. The minimum atomic E-state index is -0.531. The van der Waals surface area contributed by atoms with E-state index >= 15 is 0 Å². The van der Waals surface area contributed by atoms with Gasteiger partial charge in [0.1, 0.15) is 0 Å². The lowest BCUT2D eigenvalue weighted by Crippen LogP contribution is -2.25. The van der Waals surface area contributed by atoms with Crippen LogP contribution in [0.1, 0.15) is 97.8 Å². The second-order valence-corrected chi connectivity index (χ2v) is 5.92. The minimum absolute atomic E-state index is 0.531. The van der Waals surface area contributed by atoms with E-state index < -0.39 is 5.60 Å². The number of hydrogen-bond donors (Lipinski definition) is 1.